The van der Waals surface area contributed by atoms with Crippen LogP contribution in [0.4, 0.5) is 0 Å². The minimum atomic E-state index is 0.264. The SMILES string of the molecule is C[C@]12C(CC[C@@H]3[C@@H]1CC[C@]1(C)C=CC[C@@H]31)CC(=O)CC2Cc1ncccn1. The molecule has 1 aromatic rings. The number of fused-ring (bicyclic) bond motifs is 5. The van der Waals surface area contributed by atoms with Crippen molar-refractivity contribution in [2.45, 2.75) is 65.2 Å². The molecule has 0 bridgehead atoms. The van der Waals surface area contributed by atoms with Gasteiger partial charge in [-0.25, -0.2) is 9.97 Å². The lowest BCUT2D eigenvalue weighted by Gasteiger charge is -2.62. The molecule has 144 valence electrons. The maximum atomic E-state index is 12.6. The number of carbonyl (C=O) groups excluding carboxylic acids is 1. The van der Waals surface area contributed by atoms with Gasteiger partial charge in [0.05, 0.1) is 0 Å². The summed E-state index contributed by atoms with van der Waals surface area (Å²) in [6.45, 7) is 5.03. The van der Waals surface area contributed by atoms with Crippen LogP contribution in [-0.4, -0.2) is 15.8 Å². The van der Waals surface area contributed by atoms with Gasteiger partial charge in [-0.05, 0) is 78.6 Å². The van der Waals surface area contributed by atoms with E-state index < -0.39 is 0 Å². The second-order valence-corrected chi connectivity index (χ2v) is 10.2. The molecule has 3 fully saturated rings. The molecule has 3 nitrogen and oxygen atoms in total. The Morgan fingerprint density at radius 1 is 1.07 bits per heavy atom. The zero-order chi connectivity index (χ0) is 18.6. The molecule has 1 heterocycles. The van der Waals surface area contributed by atoms with E-state index in [1.165, 1.54) is 32.1 Å². The van der Waals surface area contributed by atoms with E-state index >= 15 is 0 Å². The number of allylic oxidation sites excluding steroid dienone is 2. The average Bonchev–Trinajstić information content (AvgIpc) is 3.05. The summed E-state index contributed by atoms with van der Waals surface area (Å²) in [6, 6.07) is 1.88. The molecule has 5 rings (SSSR count). The van der Waals surface area contributed by atoms with E-state index in [0.29, 0.717) is 23.0 Å². The molecule has 0 aliphatic heterocycles. The van der Waals surface area contributed by atoms with Crippen molar-refractivity contribution in [2.75, 3.05) is 0 Å². The van der Waals surface area contributed by atoms with E-state index in [1.807, 2.05) is 18.5 Å². The summed E-state index contributed by atoms with van der Waals surface area (Å²) in [5.41, 5.74) is 0.687. The van der Waals surface area contributed by atoms with E-state index in [4.69, 9.17) is 0 Å². The van der Waals surface area contributed by atoms with Gasteiger partial charge in [0.1, 0.15) is 11.6 Å². The fourth-order valence-electron chi connectivity index (χ4n) is 7.71. The maximum Gasteiger partial charge on any atom is 0.133 e. The van der Waals surface area contributed by atoms with Crippen molar-refractivity contribution in [1.29, 1.82) is 0 Å². The lowest BCUT2D eigenvalue weighted by atomic mass is 9.42. The molecular weight excluding hydrogens is 332 g/mol. The van der Waals surface area contributed by atoms with Crippen LogP contribution in [0.1, 0.15) is 64.6 Å². The zero-order valence-electron chi connectivity index (χ0n) is 16.7. The first-order chi connectivity index (χ1) is 13.0. The van der Waals surface area contributed by atoms with Gasteiger partial charge in [0, 0.05) is 31.7 Å². The number of hydrogen-bond acceptors (Lipinski definition) is 3. The highest BCUT2D eigenvalue weighted by Gasteiger charge is 2.59. The lowest BCUT2D eigenvalue weighted by molar-refractivity contribution is -0.150. The monoisotopic (exact) mass is 364 g/mol. The highest BCUT2D eigenvalue weighted by atomic mass is 16.1. The second-order valence-electron chi connectivity index (χ2n) is 10.2. The summed E-state index contributed by atoms with van der Waals surface area (Å²) >= 11 is 0. The number of rotatable bonds is 2. The Bertz CT molecular complexity index is 759. The van der Waals surface area contributed by atoms with Crippen LogP contribution in [0.5, 0.6) is 0 Å². The fourth-order valence-corrected chi connectivity index (χ4v) is 7.71. The van der Waals surface area contributed by atoms with E-state index in [-0.39, 0.29) is 5.41 Å². The van der Waals surface area contributed by atoms with Crippen molar-refractivity contribution >= 4 is 5.78 Å². The van der Waals surface area contributed by atoms with Gasteiger partial charge in [-0.3, -0.25) is 4.79 Å². The summed E-state index contributed by atoms with van der Waals surface area (Å²) in [5.74, 6) is 4.76. The standard InChI is InChI=1S/C24H32N2O/c1-23-9-3-5-20(23)19-7-6-16-13-18(27)14-17(15-22-25-11-4-12-26-22)24(16,2)21(19)8-10-23/h3-4,9,11-12,16-17,19-21H,5-8,10,13-15H2,1-2H3/t16?,17?,19-,20-,21-,23-,24+/m0/s1. The summed E-state index contributed by atoms with van der Waals surface area (Å²) in [4.78, 5) is 21.6. The van der Waals surface area contributed by atoms with Gasteiger partial charge in [0.25, 0.3) is 0 Å². The normalized spacial score (nSPS) is 45.9. The first kappa shape index (κ1) is 17.6. The summed E-state index contributed by atoms with van der Waals surface area (Å²) in [7, 11) is 0. The van der Waals surface area contributed by atoms with Crippen molar-refractivity contribution < 1.29 is 4.79 Å². The molecule has 3 heteroatoms. The first-order valence-corrected chi connectivity index (χ1v) is 11.0. The molecule has 27 heavy (non-hydrogen) atoms. The van der Waals surface area contributed by atoms with Crippen LogP contribution < -0.4 is 0 Å². The Kier molecular flexibility index (Phi) is 4.07. The average molecular weight is 365 g/mol. The van der Waals surface area contributed by atoms with Gasteiger partial charge in [-0.2, -0.15) is 0 Å². The van der Waals surface area contributed by atoms with Crippen molar-refractivity contribution in [3.8, 4) is 0 Å². The van der Waals surface area contributed by atoms with Crippen molar-refractivity contribution in [1.82, 2.24) is 9.97 Å². The maximum absolute atomic E-state index is 12.6. The third kappa shape index (κ3) is 2.64. The van der Waals surface area contributed by atoms with Crippen LogP contribution in [-0.2, 0) is 11.2 Å². The van der Waals surface area contributed by atoms with Crippen molar-refractivity contribution in [3.05, 3.63) is 36.4 Å². The van der Waals surface area contributed by atoms with Gasteiger partial charge in [-0.1, -0.05) is 26.0 Å². The zero-order valence-corrected chi connectivity index (χ0v) is 16.7. The predicted octanol–water partition coefficient (Wildman–Crippen LogP) is 5.02. The van der Waals surface area contributed by atoms with Gasteiger partial charge < -0.3 is 0 Å². The molecule has 4 aliphatic rings. The second kappa shape index (κ2) is 6.25. The van der Waals surface area contributed by atoms with Crippen LogP contribution >= 0.6 is 0 Å². The molecule has 0 saturated heterocycles. The molecule has 7 atom stereocenters. The number of Topliss-reactive ketones (excluding diaryl/α,β-unsaturated/α-hetero) is 1. The van der Waals surface area contributed by atoms with E-state index in [9.17, 15) is 4.79 Å². The topological polar surface area (TPSA) is 42.9 Å². The molecule has 1 aromatic heterocycles. The van der Waals surface area contributed by atoms with Crippen LogP contribution in [0.25, 0.3) is 0 Å². The van der Waals surface area contributed by atoms with Crippen LogP contribution in [0, 0.1) is 40.4 Å². The largest absolute Gasteiger partial charge is 0.300 e. The smallest absolute Gasteiger partial charge is 0.133 e. The number of carbonyl (C=O) groups is 1. The molecule has 4 aliphatic carbocycles. The Morgan fingerprint density at radius 2 is 1.89 bits per heavy atom. The van der Waals surface area contributed by atoms with Gasteiger partial charge in [0.15, 0.2) is 0 Å². The Balaban J connectivity index is 1.49. The van der Waals surface area contributed by atoms with E-state index in [1.54, 1.807) is 0 Å². The summed E-state index contributed by atoms with van der Waals surface area (Å²) in [6.07, 6.45) is 17.5. The van der Waals surface area contributed by atoms with Gasteiger partial charge in [-0.15, -0.1) is 0 Å². The summed E-state index contributed by atoms with van der Waals surface area (Å²) in [5, 5.41) is 0. The lowest BCUT2D eigenvalue weighted by Crippen LogP contribution is -2.56. The molecular formula is C24H32N2O. The van der Waals surface area contributed by atoms with Gasteiger partial charge in [0.2, 0.25) is 0 Å². The molecule has 3 saturated carbocycles. The third-order valence-electron chi connectivity index (χ3n) is 9.17. The van der Waals surface area contributed by atoms with Crippen LogP contribution in [0.3, 0.4) is 0 Å². The van der Waals surface area contributed by atoms with Crippen molar-refractivity contribution in [3.63, 3.8) is 0 Å². The molecule has 2 unspecified atom stereocenters. The fraction of sp³-hybridized carbons (Fsp3) is 0.708. The number of nitrogens with zero attached hydrogens (tertiary/aromatic N) is 2. The van der Waals surface area contributed by atoms with E-state index in [0.717, 1.165) is 42.8 Å². The highest BCUT2D eigenvalue weighted by Crippen LogP contribution is 2.66. The van der Waals surface area contributed by atoms with Crippen LogP contribution in [0.2, 0.25) is 0 Å². The molecule has 0 radical (unpaired) electrons. The third-order valence-corrected chi connectivity index (χ3v) is 9.17. The highest BCUT2D eigenvalue weighted by molar-refractivity contribution is 5.80. The Morgan fingerprint density at radius 3 is 2.70 bits per heavy atom. The predicted molar refractivity (Wildman–Crippen MR) is 106 cm³/mol. The van der Waals surface area contributed by atoms with Crippen molar-refractivity contribution in [2.24, 2.45) is 40.4 Å². The Labute approximate surface area is 163 Å². The Hall–Kier alpha value is -1.51. The molecule has 0 amide bonds. The number of hydrogen-bond donors (Lipinski definition) is 0. The molecule has 0 spiro atoms. The van der Waals surface area contributed by atoms with E-state index in [2.05, 4.69) is 36.0 Å². The first-order valence-electron chi connectivity index (χ1n) is 11.0. The van der Waals surface area contributed by atoms with Gasteiger partial charge >= 0.3 is 0 Å². The molecule has 0 N–H and O–H groups in total. The minimum absolute atomic E-state index is 0.264. The minimum Gasteiger partial charge on any atom is -0.300 e. The molecule has 0 aromatic carbocycles. The summed E-state index contributed by atoms with van der Waals surface area (Å²) < 4.78 is 0. The quantitative estimate of drug-likeness (QED) is 0.692. The van der Waals surface area contributed by atoms with Crippen LogP contribution in [0.15, 0.2) is 30.6 Å². The number of ketones is 1. The number of aromatic nitrogens is 2.